The van der Waals surface area contributed by atoms with Crippen LogP contribution in [0.3, 0.4) is 0 Å². The fourth-order valence-electron chi connectivity index (χ4n) is 3.41. The van der Waals surface area contributed by atoms with Gasteiger partial charge in [-0.2, -0.15) is 0 Å². The predicted molar refractivity (Wildman–Crippen MR) is 100 cm³/mol. The molecule has 1 aliphatic carbocycles. The van der Waals surface area contributed by atoms with Crippen LogP contribution in [0, 0.1) is 0 Å². The number of primary sulfonamides is 1. The predicted octanol–water partition coefficient (Wildman–Crippen LogP) is 2.72. The van der Waals surface area contributed by atoms with Crippen LogP contribution in [0.2, 0.25) is 0 Å². The molecule has 0 bridgehead atoms. The van der Waals surface area contributed by atoms with Gasteiger partial charge in [0.25, 0.3) is 0 Å². The van der Waals surface area contributed by atoms with Gasteiger partial charge in [-0.3, -0.25) is 0 Å². The Morgan fingerprint density at radius 1 is 1.23 bits per heavy atom. The molecule has 2 unspecified atom stereocenters. The molecular formula is C19H23N3O3S. The Labute approximate surface area is 154 Å². The van der Waals surface area contributed by atoms with E-state index in [0.29, 0.717) is 5.56 Å². The molecule has 0 heterocycles. The zero-order chi connectivity index (χ0) is 18.9. The Morgan fingerprint density at radius 3 is 2.69 bits per heavy atom. The third kappa shape index (κ3) is 3.73. The highest BCUT2D eigenvalue weighted by atomic mass is 32.2. The quantitative estimate of drug-likeness (QED) is 0.863. The molecule has 0 saturated carbocycles. The van der Waals surface area contributed by atoms with Gasteiger partial charge in [0.05, 0.1) is 17.0 Å². The van der Waals surface area contributed by atoms with Gasteiger partial charge in [-0.25, -0.2) is 18.4 Å². The summed E-state index contributed by atoms with van der Waals surface area (Å²) in [4.78, 5) is 14.4. The lowest BCUT2D eigenvalue weighted by Gasteiger charge is -2.27. The lowest BCUT2D eigenvalue weighted by atomic mass is 10.1. The van der Waals surface area contributed by atoms with Crippen molar-refractivity contribution >= 4 is 16.1 Å². The number of hydrogen-bond acceptors (Lipinski definition) is 3. The van der Waals surface area contributed by atoms with Gasteiger partial charge in [-0.1, -0.05) is 36.4 Å². The third-order valence-corrected chi connectivity index (χ3v) is 5.83. The van der Waals surface area contributed by atoms with Crippen LogP contribution in [0.1, 0.15) is 42.1 Å². The summed E-state index contributed by atoms with van der Waals surface area (Å²) in [5.74, 6) is 0. The second-order valence-electron chi connectivity index (χ2n) is 6.65. The van der Waals surface area contributed by atoms with E-state index in [2.05, 4.69) is 17.4 Å². The maximum atomic E-state index is 12.7. The van der Waals surface area contributed by atoms with E-state index in [1.54, 1.807) is 24.1 Å². The number of nitrogens with one attached hydrogen (secondary N) is 1. The van der Waals surface area contributed by atoms with Crippen LogP contribution < -0.4 is 10.5 Å². The van der Waals surface area contributed by atoms with E-state index in [1.165, 1.54) is 23.3 Å². The van der Waals surface area contributed by atoms with E-state index in [9.17, 15) is 13.2 Å². The van der Waals surface area contributed by atoms with Crippen molar-refractivity contribution in [1.29, 1.82) is 0 Å². The first-order chi connectivity index (χ1) is 12.3. The van der Waals surface area contributed by atoms with Gasteiger partial charge < -0.3 is 10.2 Å². The summed E-state index contributed by atoms with van der Waals surface area (Å²) < 4.78 is 23.0. The van der Waals surface area contributed by atoms with Gasteiger partial charge in [0.15, 0.2) is 0 Å². The van der Waals surface area contributed by atoms with Gasteiger partial charge in [0.2, 0.25) is 10.0 Å². The third-order valence-electron chi connectivity index (χ3n) is 4.92. The van der Waals surface area contributed by atoms with Crippen molar-refractivity contribution in [3.8, 4) is 0 Å². The summed E-state index contributed by atoms with van der Waals surface area (Å²) >= 11 is 0. The van der Waals surface area contributed by atoms with E-state index in [-0.39, 0.29) is 23.0 Å². The number of rotatable bonds is 4. The van der Waals surface area contributed by atoms with E-state index < -0.39 is 10.0 Å². The lowest BCUT2D eigenvalue weighted by molar-refractivity contribution is 0.187. The number of fused-ring (bicyclic) bond motifs is 1. The van der Waals surface area contributed by atoms with Crippen LogP contribution in [0.15, 0.2) is 53.4 Å². The molecule has 0 aromatic heterocycles. The summed E-state index contributed by atoms with van der Waals surface area (Å²) in [5, 5.41) is 8.11. The van der Waals surface area contributed by atoms with Crippen LogP contribution in [0.25, 0.3) is 0 Å². The fourth-order valence-corrected chi connectivity index (χ4v) is 3.98. The standard InChI is InChI=1S/C19H23N3O3S/c1-13(15-7-5-8-16(12-15)26(20,24)25)21-19(23)22(2)18-11-10-14-6-3-4-9-17(14)18/h3-9,12-13,18H,10-11H2,1-2H3,(H,21,23)(H2,20,24,25). The van der Waals surface area contributed by atoms with Crippen LogP contribution >= 0.6 is 0 Å². The normalized spacial score (nSPS) is 17.4. The molecule has 138 valence electrons. The van der Waals surface area contributed by atoms with Crippen molar-refractivity contribution in [1.82, 2.24) is 10.2 Å². The molecular weight excluding hydrogens is 350 g/mol. The number of urea groups is 1. The molecule has 0 saturated heterocycles. The second-order valence-corrected chi connectivity index (χ2v) is 8.21. The first kappa shape index (κ1) is 18.4. The molecule has 2 aromatic carbocycles. The second kappa shape index (κ2) is 7.09. The van der Waals surface area contributed by atoms with Crippen LogP contribution in [0.4, 0.5) is 4.79 Å². The molecule has 3 rings (SSSR count). The van der Waals surface area contributed by atoms with E-state index in [4.69, 9.17) is 5.14 Å². The molecule has 2 atom stereocenters. The zero-order valence-corrected chi connectivity index (χ0v) is 15.7. The van der Waals surface area contributed by atoms with Crippen LogP contribution in [-0.2, 0) is 16.4 Å². The smallest absolute Gasteiger partial charge is 0.318 e. The summed E-state index contributed by atoms with van der Waals surface area (Å²) in [5.41, 5.74) is 3.16. The first-order valence-electron chi connectivity index (χ1n) is 8.51. The molecule has 26 heavy (non-hydrogen) atoms. The van der Waals surface area contributed by atoms with Crippen molar-refractivity contribution in [2.45, 2.75) is 36.7 Å². The van der Waals surface area contributed by atoms with E-state index in [1.807, 2.05) is 19.1 Å². The number of benzene rings is 2. The summed E-state index contributed by atoms with van der Waals surface area (Å²) in [6, 6.07) is 14.0. The SMILES string of the molecule is CC(NC(=O)N(C)C1CCc2ccccc21)c1cccc(S(N)(=O)=O)c1. The first-order valence-corrected chi connectivity index (χ1v) is 10.1. The average molecular weight is 373 g/mol. The van der Waals surface area contributed by atoms with Gasteiger partial charge in [-0.05, 0) is 48.6 Å². The van der Waals surface area contributed by atoms with Crippen molar-refractivity contribution in [2.75, 3.05) is 7.05 Å². The Kier molecular flexibility index (Phi) is 5.02. The fraction of sp³-hybridized carbons (Fsp3) is 0.316. The highest BCUT2D eigenvalue weighted by molar-refractivity contribution is 7.89. The monoisotopic (exact) mass is 373 g/mol. The summed E-state index contributed by atoms with van der Waals surface area (Å²) in [7, 11) is -1.99. The van der Waals surface area contributed by atoms with E-state index in [0.717, 1.165) is 12.8 Å². The molecule has 0 aliphatic heterocycles. The maximum Gasteiger partial charge on any atom is 0.318 e. The molecule has 2 amide bonds. The van der Waals surface area contributed by atoms with Gasteiger partial charge in [-0.15, -0.1) is 0 Å². The molecule has 1 aliphatic rings. The number of carbonyl (C=O) groups excluding carboxylic acids is 1. The van der Waals surface area contributed by atoms with Crippen molar-refractivity contribution in [3.63, 3.8) is 0 Å². The molecule has 0 radical (unpaired) electrons. The summed E-state index contributed by atoms with van der Waals surface area (Å²) in [6.07, 6.45) is 1.86. The molecule has 6 nitrogen and oxygen atoms in total. The molecule has 7 heteroatoms. The number of hydrogen-bond donors (Lipinski definition) is 2. The molecule has 2 aromatic rings. The van der Waals surface area contributed by atoms with Crippen molar-refractivity contribution in [3.05, 3.63) is 65.2 Å². The Hall–Kier alpha value is -2.38. The highest BCUT2D eigenvalue weighted by Crippen LogP contribution is 2.34. The van der Waals surface area contributed by atoms with Gasteiger partial charge in [0.1, 0.15) is 0 Å². The minimum atomic E-state index is -3.77. The molecule has 0 spiro atoms. The maximum absolute atomic E-state index is 12.7. The number of carbonyl (C=O) groups is 1. The zero-order valence-electron chi connectivity index (χ0n) is 14.8. The largest absolute Gasteiger partial charge is 0.331 e. The minimum absolute atomic E-state index is 0.0363. The topological polar surface area (TPSA) is 92.5 Å². The number of nitrogens with two attached hydrogens (primary N) is 1. The molecule has 0 fully saturated rings. The number of sulfonamides is 1. The van der Waals surface area contributed by atoms with Crippen LogP contribution in [0.5, 0.6) is 0 Å². The Morgan fingerprint density at radius 2 is 1.96 bits per heavy atom. The number of aryl methyl sites for hydroxylation is 1. The van der Waals surface area contributed by atoms with Crippen molar-refractivity contribution < 1.29 is 13.2 Å². The highest BCUT2D eigenvalue weighted by Gasteiger charge is 2.28. The lowest BCUT2D eigenvalue weighted by Crippen LogP contribution is -2.40. The van der Waals surface area contributed by atoms with Gasteiger partial charge in [0, 0.05) is 7.05 Å². The number of amides is 2. The Balaban J connectivity index is 1.72. The van der Waals surface area contributed by atoms with Gasteiger partial charge >= 0.3 is 6.03 Å². The van der Waals surface area contributed by atoms with Crippen LogP contribution in [-0.4, -0.2) is 26.4 Å². The Bertz CT molecular complexity index is 927. The minimum Gasteiger partial charge on any atom is -0.331 e. The average Bonchev–Trinajstić information content (AvgIpc) is 3.04. The van der Waals surface area contributed by atoms with E-state index >= 15 is 0 Å². The summed E-state index contributed by atoms with van der Waals surface area (Å²) in [6.45, 7) is 1.82. The molecule has 3 N–H and O–H groups in total. The number of nitrogens with zero attached hydrogens (tertiary/aromatic N) is 1. The van der Waals surface area contributed by atoms with Crippen molar-refractivity contribution in [2.24, 2.45) is 5.14 Å².